The Kier molecular flexibility index (Phi) is 6.72. The smallest absolute Gasteiger partial charge is 0.236 e. The summed E-state index contributed by atoms with van der Waals surface area (Å²) in [5.41, 5.74) is 1.90. The predicted octanol–water partition coefficient (Wildman–Crippen LogP) is 0.792. The number of para-hydroxylation sites is 1. The maximum absolute atomic E-state index is 12.4. The first kappa shape index (κ1) is 18.0. The van der Waals surface area contributed by atoms with E-state index in [1.807, 2.05) is 24.3 Å². The number of nitrogens with zero attached hydrogens (tertiary/aromatic N) is 2. The molecule has 0 bridgehead atoms. The Morgan fingerprint density at radius 3 is 2.76 bits per heavy atom. The van der Waals surface area contributed by atoms with Crippen LogP contribution in [0.3, 0.4) is 0 Å². The van der Waals surface area contributed by atoms with E-state index >= 15 is 0 Å². The Labute approximate surface area is 143 Å². The van der Waals surface area contributed by atoms with E-state index in [4.69, 9.17) is 0 Å². The Balaban J connectivity index is 0.00000220. The fourth-order valence-corrected chi connectivity index (χ4v) is 3.71. The van der Waals surface area contributed by atoms with E-state index in [1.165, 1.54) is 4.31 Å². The molecule has 1 aliphatic rings. The number of hydrogen-bond acceptors (Lipinski definition) is 3. The van der Waals surface area contributed by atoms with Gasteiger partial charge in [0.15, 0.2) is 5.96 Å². The van der Waals surface area contributed by atoms with Gasteiger partial charge in [0, 0.05) is 27.2 Å². The number of halogens is 1. The van der Waals surface area contributed by atoms with Gasteiger partial charge in [-0.15, -0.1) is 24.0 Å². The zero-order valence-corrected chi connectivity index (χ0v) is 15.3. The van der Waals surface area contributed by atoms with Crippen LogP contribution >= 0.6 is 24.0 Å². The van der Waals surface area contributed by atoms with Gasteiger partial charge in [0.25, 0.3) is 0 Å². The van der Waals surface area contributed by atoms with Crippen molar-refractivity contribution < 1.29 is 8.42 Å². The Morgan fingerprint density at radius 2 is 2.10 bits per heavy atom. The summed E-state index contributed by atoms with van der Waals surface area (Å²) in [6.45, 7) is 0.858. The molecular weight excluding hydrogens is 403 g/mol. The molecule has 0 fully saturated rings. The largest absolute Gasteiger partial charge is 0.359 e. The zero-order valence-electron chi connectivity index (χ0n) is 12.2. The molecule has 0 spiro atoms. The third-order valence-electron chi connectivity index (χ3n) is 3.29. The predicted molar refractivity (Wildman–Crippen MR) is 97.1 cm³/mol. The standard InChI is InChI=1S/C13H20N4O2S.HI/c1-14-13(15-2)16-8-10-20(18,19)17-9-7-11-5-3-4-6-12(11)17;/h3-6H,7-10H2,1-2H3,(H2,14,15,16);1H. The van der Waals surface area contributed by atoms with Crippen LogP contribution in [0.4, 0.5) is 5.69 Å². The minimum Gasteiger partial charge on any atom is -0.359 e. The summed E-state index contributed by atoms with van der Waals surface area (Å²) >= 11 is 0. The third-order valence-corrected chi connectivity index (χ3v) is 5.06. The first-order valence-electron chi connectivity index (χ1n) is 6.55. The number of hydrogen-bond donors (Lipinski definition) is 2. The minimum atomic E-state index is -3.30. The Hall–Kier alpha value is -1.03. The van der Waals surface area contributed by atoms with Gasteiger partial charge in [0.2, 0.25) is 10.0 Å². The molecule has 1 aromatic carbocycles. The van der Waals surface area contributed by atoms with Crippen LogP contribution < -0.4 is 14.9 Å². The Bertz CT molecular complexity index is 604. The number of rotatable bonds is 4. The first-order chi connectivity index (χ1) is 9.58. The fourth-order valence-electron chi connectivity index (χ4n) is 2.28. The molecule has 8 heteroatoms. The van der Waals surface area contributed by atoms with E-state index in [0.29, 0.717) is 19.0 Å². The van der Waals surface area contributed by atoms with Crippen molar-refractivity contribution in [2.24, 2.45) is 4.99 Å². The lowest BCUT2D eigenvalue weighted by atomic mass is 10.2. The van der Waals surface area contributed by atoms with Gasteiger partial charge in [-0.1, -0.05) is 18.2 Å². The molecule has 0 amide bonds. The monoisotopic (exact) mass is 424 g/mol. The summed E-state index contributed by atoms with van der Waals surface area (Å²) in [4.78, 5) is 3.95. The summed E-state index contributed by atoms with van der Waals surface area (Å²) in [7, 11) is 0.0821. The van der Waals surface area contributed by atoms with E-state index in [2.05, 4.69) is 15.6 Å². The molecule has 2 rings (SSSR count). The van der Waals surface area contributed by atoms with Crippen LogP contribution in [0.1, 0.15) is 5.56 Å². The SMILES string of the molecule is CN=C(NC)NCCS(=O)(=O)N1CCc2ccccc21.I. The van der Waals surface area contributed by atoms with Crippen LogP contribution in [0, 0.1) is 0 Å². The molecule has 1 heterocycles. The van der Waals surface area contributed by atoms with E-state index in [0.717, 1.165) is 17.7 Å². The van der Waals surface area contributed by atoms with E-state index in [-0.39, 0.29) is 29.7 Å². The lowest BCUT2D eigenvalue weighted by molar-refractivity contribution is 0.591. The highest BCUT2D eigenvalue weighted by Gasteiger charge is 2.28. The van der Waals surface area contributed by atoms with Crippen LogP contribution in [0.2, 0.25) is 0 Å². The highest BCUT2D eigenvalue weighted by atomic mass is 127. The topological polar surface area (TPSA) is 73.8 Å². The number of sulfonamides is 1. The lowest BCUT2D eigenvalue weighted by Crippen LogP contribution is -2.40. The van der Waals surface area contributed by atoms with Gasteiger partial charge in [-0.2, -0.15) is 0 Å². The van der Waals surface area contributed by atoms with Crippen LogP contribution in [0.15, 0.2) is 29.3 Å². The molecule has 0 aliphatic carbocycles. The number of guanidine groups is 1. The molecule has 0 saturated heterocycles. The van der Waals surface area contributed by atoms with Crippen LogP contribution in [0.25, 0.3) is 0 Å². The molecule has 6 nitrogen and oxygen atoms in total. The van der Waals surface area contributed by atoms with Crippen molar-refractivity contribution in [3.63, 3.8) is 0 Å². The molecule has 1 aromatic rings. The van der Waals surface area contributed by atoms with Crippen molar-refractivity contribution in [2.75, 3.05) is 37.2 Å². The maximum atomic E-state index is 12.4. The van der Waals surface area contributed by atoms with Gasteiger partial charge in [-0.05, 0) is 18.1 Å². The molecule has 1 aliphatic heterocycles. The normalized spacial score (nSPS) is 14.4. The van der Waals surface area contributed by atoms with Gasteiger partial charge in [0.05, 0.1) is 11.4 Å². The van der Waals surface area contributed by atoms with Gasteiger partial charge in [-0.25, -0.2) is 8.42 Å². The number of benzene rings is 1. The van der Waals surface area contributed by atoms with Crippen molar-refractivity contribution >= 4 is 45.6 Å². The fraction of sp³-hybridized carbons (Fsp3) is 0.462. The van der Waals surface area contributed by atoms with Gasteiger partial charge < -0.3 is 10.6 Å². The van der Waals surface area contributed by atoms with Crippen LogP contribution in [-0.4, -0.2) is 47.3 Å². The van der Waals surface area contributed by atoms with Gasteiger partial charge >= 0.3 is 0 Å². The minimum absolute atomic E-state index is 0. The average Bonchev–Trinajstić information content (AvgIpc) is 2.88. The molecule has 2 N–H and O–H groups in total. The van der Waals surface area contributed by atoms with Gasteiger partial charge in [0.1, 0.15) is 0 Å². The highest BCUT2D eigenvalue weighted by molar-refractivity contribution is 14.0. The lowest BCUT2D eigenvalue weighted by Gasteiger charge is -2.19. The second-order valence-electron chi connectivity index (χ2n) is 4.52. The Morgan fingerprint density at radius 1 is 1.38 bits per heavy atom. The van der Waals surface area contributed by atoms with Crippen molar-refractivity contribution in [1.82, 2.24) is 10.6 Å². The van der Waals surface area contributed by atoms with Crippen LogP contribution in [0.5, 0.6) is 0 Å². The first-order valence-corrected chi connectivity index (χ1v) is 8.16. The molecule has 21 heavy (non-hydrogen) atoms. The molecule has 0 unspecified atom stereocenters. The summed E-state index contributed by atoms with van der Waals surface area (Å²) in [6, 6.07) is 7.65. The van der Waals surface area contributed by atoms with Crippen molar-refractivity contribution in [3.05, 3.63) is 29.8 Å². The molecule has 118 valence electrons. The van der Waals surface area contributed by atoms with Crippen molar-refractivity contribution in [1.29, 1.82) is 0 Å². The molecule has 0 saturated carbocycles. The number of aliphatic imine (C=N–C) groups is 1. The molecule has 0 aromatic heterocycles. The van der Waals surface area contributed by atoms with Gasteiger partial charge in [-0.3, -0.25) is 9.30 Å². The summed E-state index contributed by atoms with van der Waals surface area (Å²) in [5.74, 6) is 0.629. The summed E-state index contributed by atoms with van der Waals surface area (Å²) < 4.78 is 26.3. The summed E-state index contributed by atoms with van der Waals surface area (Å²) in [5, 5.41) is 5.81. The molecule has 0 atom stereocenters. The van der Waals surface area contributed by atoms with E-state index in [9.17, 15) is 8.42 Å². The highest BCUT2D eigenvalue weighted by Crippen LogP contribution is 2.29. The molecule has 0 radical (unpaired) electrons. The second-order valence-corrected chi connectivity index (χ2v) is 6.53. The quantitative estimate of drug-likeness (QED) is 0.426. The number of anilines is 1. The average molecular weight is 424 g/mol. The second kappa shape index (κ2) is 7.83. The maximum Gasteiger partial charge on any atom is 0.236 e. The van der Waals surface area contributed by atoms with Crippen molar-refractivity contribution in [3.8, 4) is 0 Å². The number of fused-ring (bicyclic) bond motifs is 1. The molecular formula is C13H21IN4O2S. The van der Waals surface area contributed by atoms with E-state index < -0.39 is 10.0 Å². The number of nitrogens with one attached hydrogen (secondary N) is 2. The third kappa shape index (κ3) is 4.22. The van der Waals surface area contributed by atoms with Crippen LogP contribution in [-0.2, 0) is 16.4 Å². The van der Waals surface area contributed by atoms with Crippen molar-refractivity contribution in [2.45, 2.75) is 6.42 Å². The zero-order chi connectivity index (χ0) is 14.6. The summed E-state index contributed by atoms with van der Waals surface area (Å²) in [6.07, 6.45) is 0.779. The van der Waals surface area contributed by atoms with E-state index in [1.54, 1.807) is 14.1 Å².